The lowest BCUT2D eigenvalue weighted by molar-refractivity contribution is -0.789. The van der Waals surface area contributed by atoms with Gasteiger partial charge in [-0.25, -0.2) is 70.2 Å². The first kappa shape index (κ1) is 42.9. The summed E-state index contributed by atoms with van der Waals surface area (Å²) in [4.78, 5) is 0. The quantitative estimate of drug-likeness (QED) is 0.115. The van der Waals surface area contributed by atoms with Crippen molar-refractivity contribution in [3.63, 3.8) is 0 Å². The van der Waals surface area contributed by atoms with Crippen LogP contribution in [0.3, 0.4) is 0 Å². The van der Waals surface area contributed by atoms with E-state index >= 15 is 35.1 Å². The SMILES string of the molecule is CC1([NH2+]C2(C)CCCCC2)CCCCC1.Fc1cc(F)c(F)c([B-](c2c(F)c(F)cc(F)c2F)(c2c(F)c(F)cc(F)c2F)c2c(F)c(F)cc(F)c2F)c1F. The molecule has 18 heteroatoms. The fourth-order valence-corrected chi connectivity index (χ4v) is 8.60. The predicted octanol–water partition coefficient (Wildman–Crippen LogP) is 8.29. The molecule has 0 atom stereocenters. The summed E-state index contributed by atoms with van der Waals surface area (Å²) in [6.45, 7) is 5.01. The number of quaternary nitrogens is 1. The van der Waals surface area contributed by atoms with Crippen LogP contribution in [0.25, 0.3) is 0 Å². The monoisotopic (exact) mass is 817 g/mol. The van der Waals surface area contributed by atoms with Gasteiger partial charge >= 0.3 is 0 Å². The van der Waals surface area contributed by atoms with Crippen molar-refractivity contribution >= 4 is 28.0 Å². The van der Waals surface area contributed by atoms with Gasteiger partial charge in [-0.2, -0.15) is 0 Å². The molecule has 1 nitrogen and oxygen atoms in total. The summed E-state index contributed by atoms with van der Waals surface area (Å²) in [5.41, 5.74) is -10.8. The zero-order valence-electron chi connectivity index (χ0n) is 29.6. The molecular formula is C38H32BF16N. The highest BCUT2D eigenvalue weighted by Crippen LogP contribution is 2.30. The van der Waals surface area contributed by atoms with Crippen LogP contribution in [0, 0.1) is 93.1 Å². The molecule has 0 heterocycles. The molecule has 0 amide bonds. The molecule has 0 saturated heterocycles. The zero-order valence-corrected chi connectivity index (χ0v) is 29.6. The maximum atomic E-state index is 15.3. The Hall–Kier alpha value is -4.22. The molecular weight excluding hydrogens is 785 g/mol. The molecule has 2 fully saturated rings. The Labute approximate surface area is 310 Å². The third-order valence-electron chi connectivity index (χ3n) is 11.0. The Morgan fingerprint density at radius 1 is 0.339 bits per heavy atom. The molecule has 304 valence electrons. The molecule has 2 saturated carbocycles. The van der Waals surface area contributed by atoms with E-state index in [4.69, 9.17) is 0 Å². The fraction of sp³-hybridized carbons (Fsp3) is 0.368. The van der Waals surface area contributed by atoms with Gasteiger partial charge in [0.05, 0.1) is 11.1 Å². The average molecular weight is 817 g/mol. The van der Waals surface area contributed by atoms with Crippen LogP contribution in [0.4, 0.5) is 70.2 Å². The number of nitrogens with two attached hydrogens (primary N) is 1. The topological polar surface area (TPSA) is 16.6 Å². The number of hydrogen-bond acceptors (Lipinski definition) is 0. The van der Waals surface area contributed by atoms with Gasteiger partial charge in [0, 0.05) is 49.9 Å². The summed E-state index contributed by atoms with van der Waals surface area (Å²) in [5, 5.41) is 2.76. The van der Waals surface area contributed by atoms with Crippen molar-refractivity contribution in [3.8, 4) is 0 Å². The Balaban J connectivity index is 0.000000332. The van der Waals surface area contributed by atoms with E-state index in [1.807, 2.05) is 0 Å². The molecule has 6 rings (SSSR count). The van der Waals surface area contributed by atoms with Crippen molar-refractivity contribution in [1.29, 1.82) is 0 Å². The summed E-state index contributed by atoms with van der Waals surface area (Å²) in [6, 6.07) is -2.76. The van der Waals surface area contributed by atoms with Gasteiger partial charge in [0.2, 0.25) is 0 Å². The van der Waals surface area contributed by atoms with E-state index < -0.39 is 145 Å². The van der Waals surface area contributed by atoms with Gasteiger partial charge in [-0.1, -0.05) is 12.8 Å². The minimum absolute atomic E-state index is 0.574. The Morgan fingerprint density at radius 3 is 0.696 bits per heavy atom. The second-order valence-electron chi connectivity index (χ2n) is 15.0. The predicted molar refractivity (Wildman–Crippen MR) is 174 cm³/mol. The third kappa shape index (κ3) is 7.49. The van der Waals surface area contributed by atoms with Gasteiger partial charge in [-0.3, -0.25) is 0 Å². The van der Waals surface area contributed by atoms with Crippen molar-refractivity contribution in [2.75, 3.05) is 0 Å². The van der Waals surface area contributed by atoms with Crippen LogP contribution in [-0.4, -0.2) is 17.2 Å². The molecule has 56 heavy (non-hydrogen) atoms. The van der Waals surface area contributed by atoms with Crippen molar-refractivity contribution in [2.45, 2.75) is 89.1 Å². The van der Waals surface area contributed by atoms with E-state index in [-0.39, 0.29) is 0 Å². The summed E-state index contributed by atoms with van der Waals surface area (Å²) >= 11 is 0. The number of rotatable bonds is 6. The van der Waals surface area contributed by atoms with E-state index in [0.29, 0.717) is 11.1 Å². The second-order valence-corrected chi connectivity index (χ2v) is 15.0. The highest BCUT2D eigenvalue weighted by atomic mass is 19.2. The van der Waals surface area contributed by atoms with E-state index in [1.165, 1.54) is 64.2 Å². The highest BCUT2D eigenvalue weighted by Gasteiger charge is 2.50. The summed E-state index contributed by atoms with van der Waals surface area (Å²) in [5.74, 6) is -46.2. The second kappa shape index (κ2) is 16.0. The normalized spacial score (nSPS) is 16.8. The van der Waals surface area contributed by atoms with Crippen LogP contribution in [0.2, 0.25) is 0 Å². The fourth-order valence-electron chi connectivity index (χ4n) is 8.60. The van der Waals surface area contributed by atoms with Gasteiger partial charge in [0.15, 0.2) is 46.5 Å². The molecule has 2 aliphatic carbocycles. The van der Waals surface area contributed by atoms with Crippen molar-refractivity contribution in [1.82, 2.24) is 0 Å². The van der Waals surface area contributed by atoms with Crippen LogP contribution in [0.15, 0.2) is 24.3 Å². The highest BCUT2D eigenvalue weighted by molar-refractivity contribution is 7.20. The molecule has 0 spiro atoms. The number of hydrogen-bond donors (Lipinski definition) is 1. The molecule has 4 aromatic rings. The molecule has 4 aromatic carbocycles. The standard InChI is InChI=1S/C24H4BF16.C14H27N/c26-5-1-6(27)18(35)13(17(5)34)25(14-19(36)7(28)2-8(29)20(14)37,15-21(38)9(30)3-10(31)22(15)39)16-23(40)11(32)4-12(33)24(16)41;1-13(9-5-3-6-10-13)15-14(2)11-7-4-8-12-14/h1-4H;15H,3-12H2,1-2H3/q-1;/p+1. The Morgan fingerprint density at radius 2 is 0.518 bits per heavy atom. The summed E-state index contributed by atoms with van der Waals surface area (Å²) in [6.07, 6.45) is 8.09. The molecule has 2 N–H and O–H groups in total. The molecule has 0 unspecified atom stereocenters. The largest absolute Gasteiger partial charge is 0.337 e. The van der Waals surface area contributed by atoms with Crippen LogP contribution in [0.5, 0.6) is 0 Å². The van der Waals surface area contributed by atoms with Crippen LogP contribution in [0.1, 0.15) is 78.1 Å². The average Bonchev–Trinajstić information content (AvgIpc) is 3.12. The number of halogens is 16. The van der Waals surface area contributed by atoms with E-state index in [1.54, 1.807) is 0 Å². The van der Waals surface area contributed by atoms with Gasteiger partial charge in [-0.15, -0.1) is 21.9 Å². The van der Waals surface area contributed by atoms with Crippen LogP contribution >= 0.6 is 0 Å². The third-order valence-corrected chi connectivity index (χ3v) is 11.0. The lowest BCUT2D eigenvalue weighted by Crippen LogP contribution is -3.05. The van der Waals surface area contributed by atoms with Crippen LogP contribution in [-0.2, 0) is 0 Å². The van der Waals surface area contributed by atoms with Gasteiger partial charge in [0.1, 0.15) is 52.7 Å². The molecule has 2 aliphatic rings. The Kier molecular flexibility index (Phi) is 12.2. The molecule has 0 aliphatic heterocycles. The van der Waals surface area contributed by atoms with Crippen molar-refractivity contribution < 1.29 is 75.6 Å². The first-order valence-corrected chi connectivity index (χ1v) is 17.5. The zero-order chi connectivity index (χ0) is 41.7. The van der Waals surface area contributed by atoms with E-state index in [0.717, 1.165) is 0 Å². The maximum Gasteiger partial charge on any atom is 0.158 e. The lowest BCUT2D eigenvalue weighted by atomic mass is 9.12. The van der Waals surface area contributed by atoms with E-state index in [2.05, 4.69) is 19.2 Å². The maximum absolute atomic E-state index is 15.3. The molecule has 0 aromatic heterocycles. The van der Waals surface area contributed by atoms with Gasteiger partial charge < -0.3 is 5.32 Å². The summed E-state index contributed by atoms with van der Waals surface area (Å²) < 4.78 is 238. The molecule has 0 radical (unpaired) electrons. The van der Waals surface area contributed by atoms with Crippen molar-refractivity contribution in [2.24, 2.45) is 0 Å². The van der Waals surface area contributed by atoms with Gasteiger partial charge in [0.25, 0.3) is 0 Å². The first-order chi connectivity index (χ1) is 26.1. The lowest BCUT2D eigenvalue weighted by Gasteiger charge is -2.44. The molecule has 0 bridgehead atoms. The van der Waals surface area contributed by atoms with E-state index in [9.17, 15) is 35.1 Å². The minimum atomic E-state index is -6.49. The van der Waals surface area contributed by atoms with Crippen LogP contribution < -0.4 is 27.2 Å². The van der Waals surface area contributed by atoms with Gasteiger partial charge in [-0.05, 0) is 39.5 Å². The Bertz CT molecular complexity index is 1780. The summed E-state index contributed by atoms with van der Waals surface area (Å²) in [7, 11) is 0. The van der Waals surface area contributed by atoms with Crippen molar-refractivity contribution in [3.05, 3.63) is 117 Å². The first-order valence-electron chi connectivity index (χ1n) is 17.5. The smallest absolute Gasteiger partial charge is 0.158 e. The minimum Gasteiger partial charge on any atom is -0.337 e. The number of benzene rings is 4.